The number of aromatic nitrogens is 3. The highest BCUT2D eigenvalue weighted by atomic mass is 19.3. The molecule has 0 bridgehead atoms. The number of imidazole rings is 1. The van der Waals surface area contributed by atoms with Gasteiger partial charge in [-0.15, -0.1) is 0 Å². The fourth-order valence-corrected chi connectivity index (χ4v) is 2.32. The Bertz CT molecular complexity index is 848. The summed E-state index contributed by atoms with van der Waals surface area (Å²) in [6.07, 6.45) is -0.926. The van der Waals surface area contributed by atoms with Crippen LogP contribution in [0, 0.1) is 0 Å². The number of halogens is 4. The molecule has 0 aliphatic carbocycles. The number of hydrogen-bond donors (Lipinski definition) is 1. The zero-order valence-electron chi connectivity index (χ0n) is 13.0. The molecule has 3 aromatic rings. The standard InChI is InChI=1S/C17H13F4N3O/c1-25-12-4-2-10(3-5-12)13-14(11-6-8-22-9-7-11)24-16(23-13)17(20,21)15(18)19/h2-9,15H,1H3,(H,23,24). The van der Waals surface area contributed by atoms with Crippen molar-refractivity contribution in [2.45, 2.75) is 12.3 Å². The first-order valence-corrected chi connectivity index (χ1v) is 7.24. The van der Waals surface area contributed by atoms with E-state index in [1.807, 2.05) is 0 Å². The van der Waals surface area contributed by atoms with E-state index in [-0.39, 0.29) is 11.4 Å². The molecule has 0 atom stereocenters. The number of rotatable bonds is 5. The summed E-state index contributed by atoms with van der Waals surface area (Å²) in [5, 5.41) is 0. The minimum Gasteiger partial charge on any atom is -0.497 e. The quantitative estimate of drug-likeness (QED) is 0.689. The number of benzene rings is 1. The van der Waals surface area contributed by atoms with Crippen LogP contribution in [-0.4, -0.2) is 28.5 Å². The summed E-state index contributed by atoms with van der Waals surface area (Å²) in [5.41, 5.74) is 1.34. The maximum Gasteiger partial charge on any atom is 0.363 e. The third kappa shape index (κ3) is 3.19. The van der Waals surface area contributed by atoms with E-state index in [1.165, 1.54) is 19.5 Å². The minimum absolute atomic E-state index is 0.143. The number of methoxy groups -OCH3 is 1. The van der Waals surface area contributed by atoms with Crippen LogP contribution in [-0.2, 0) is 5.92 Å². The summed E-state index contributed by atoms with van der Waals surface area (Å²) < 4.78 is 58.0. The van der Waals surface area contributed by atoms with Crippen LogP contribution in [0.1, 0.15) is 5.82 Å². The Balaban J connectivity index is 2.16. The van der Waals surface area contributed by atoms with Crippen molar-refractivity contribution < 1.29 is 22.3 Å². The van der Waals surface area contributed by atoms with Crippen molar-refractivity contribution in [3.8, 4) is 28.3 Å². The van der Waals surface area contributed by atoms with Gasteiger partial charge in [-0.3, -0.25) is 4.98 Å². The molecule has 25 heavy (non-hydrogen) atoms. The molecule has 4 nitrogen and oxygen atoms in total. The van der Waals surface area contributed by atoms with Gasteiger partial charge in [0.1, 0.15) is 5.75 Å². The summed E-state index contributed by atoms with van der Waals surface area (Å²) in [5.74, 6) is -4.89. The topological polar surface area (TPSA) is 50.8 Å². The molecule has 2 aromatic heterocycles. The molecule has 1 N–H and O–H groups in total. The first kappa shape index (κ1) is 16.9. The van der Waals surface area contributed by atoms with Gasteiger partial charge in [-0.25, -0.2) is 13.8 Å². The number of nitrogens with zero attached hydrogens (tertiary/aromatic N) is 2. The van der Waals surface area contributed by atoms with Crippen molar-refractivity contribution in [1.82, 2.24) is 15.0 Å². The fourth-order valence-electron chi connectivity index (χ4n) is 2.32. The Morgan fingerprint density at radius 2 is 1.64 bits per heavy atom. The van der Waals surface area contributed by atoms with Gasteiger partial charge in [0.05, 0.1) is 18.5 Å². The van der Waals surface area contributed by atoms with Crippen LogP contribution >= 0.6 is 0 Å². The highest BCUT2D eigenvalue weighted by Crippen LogP contribution is 2.38. The number of aromatic amines is 1. The third-order valence-electron chi connectivity index (χ3n) is 3.63. The van der Waals surface area contributed by atoms with Gasteiger partial charge in [0.2, 0.25) is 0 Å². The predicted molar refractivity (Wildman–Crippen MR) is 83.7 cm³/mol. The minimum atomic E-state index is -4.38. The second-order valence-electron chi connectivity index (χ2n) is 5.20. The lowest BCUT2D eigenvalue weighted by Gasteiger charge is -2.11. The fraction of sp³-hybridized carbons (Fsp3) is 0.176. The van der Waals surface area contributed by atoms with Crippen LogP contribution in [0.5, 0.6) is 5.75 Å². The second-order valence-corrected chi connectivity index (χ2v) is 5.20. The summed E-state index contributed by atoms with van der Waals surface area (Å²) in [6.45, 7) is 0. The van der Waals surface area contributed by atoms with E-state index in [1.54, 1.807) is 36.4 Å². The summed E-state index contributed by atoms with van der Waals surface area (Å²) in [4.78, 5) is 9.97. The summed E-state index contributed by atoms with van der Waals surface area (Å²) >= 11 is 0. The van der Waals surface area contributed by atoms with Gasteiger partial charge in [-0.2, -0.15) is 8.78 Å². The number of nitrogens with one attached hydrogen (secondary N) is 1. The van der Waals surface area contributed by atoms with E-state index in [0.29, 0.717) is 16.9 Å². The Hall–Kier alpha value is -2.90. The van der Waals surface area contributed by atoms with Crippen LogP contribution in [0.15, 0.2) is 48.8 Å². The molecule has 0 aliphatic heterocycles. The molecule has 0 spiro atoms. The molecule has 0 saturated carbocycles. The van der Waals surface area contributed by atoms with E-state index in [4.69, 9.17) is 4.74 Å². The van der Waals surface area contributed by atoms with Gasteiger partial charge >= 0.3 is 12.3 Å². The molecule has 8 heteroatoms. The Morgan fingerprint density at radius 1 is 1.00 bits per heavy atom. The van der Waals surface area contributed by atoms with E-state index >= 15 is 0 Å². The Labute approximate surface area is 140 Å². The predicted octanol–water partition coefficient (Wildman–Crippen LogP) is 4.50. The molecule has 0 unspecified atom stereocenters. The summed E-state index contributed by atoms with van der Waals surface area (Å²) in [7, 11) is 1.49. The maximum absolute atomic E-state index is 13.7. The lowest BCUT2D eigenvalue weighted by atomic mass is 10.1. The lowest BCUT2D eigenvalue weighted by molar-refractivity contribution is -0.140. The average molecular weight is 351 g/mol. The molecule has 130 valence electrons. The maximum atomic E-state index is 13.7. The molecular formula is C17H13F4N3O. The van der Waals surface area contributed by atoms with Crippen molar-refractivity contribution in [3.05, 3.63) is 54.6 Å². The molecule has 0 saturated heterocycles. The average Bonchev–Trinajstić information content (AvgIpc) is 3.08. The van der Waals surface area contributed by atoms with E-state index in [2.05, 4.69) is 15.0 Å². The molecule has 0 fully saturated rings. The first-order valence-electron chi connectivity index (χ1n) is 7.24. The zero-order chi connectivity index (χ0) is 18.0. The number of ether oxygens (including phenoxy) is 1. The molecule has 0 radical (unpaired) electrons. The SMILES string of the molecule is COc1ccc(-c2nc(C(F)(F)C(F)F)[nH]c2-c2ccncc2)cc1. The number of hydrogen-bond acceptors (Lipinski definition) is 3. The monoisotopic (exact) mass is 351 g/mol. The van der Waals surface area contributed by atoms with Crippen molar-refractivity contribution in [2.24, 2.45) is 0 Å². The van der Waals surface area contributed by atoms with Crippen LogP contribution in [0.3, 0.4) is 0 Å². The van der Waals surface area contributed by atoms with Gasteiger partial charge in [-0.05, 0) is 36.4 Å². The highest BCUT2D eigenvalue weighted by molar-refractivity contribution is 5.78. The van der Waals surface area contributed by atoms with Gasteiger partial charge in [-0.1, -0.05) is 0 Å². The molecule has 1 aromatic carbocycles. The second kappa shape index (κ2) is 6.54. The molecule has 0 amide bonds. The van der Waals surface area contributed by atoms with E-state index in [0.717, 1.165) is 0 Å². The van der Waals surface area contributed by atoms with Crippen molar-refractivity contribution in [1.29, 1.82) is 0 Å². The molecule has 0 aliphatic rings. The lowest BCUT2D eigenvalue weighted by Crippen LogP contribution is -2.25. The van der Waals surface area contributed by atoms with Gasteiger partial charge in [0.25, 0.3) is 0 Å². The van der Waals surface area contributed by atoms with Crippen LogP contribution in [0.2, 0.25) is 0 Å². The Morgan fingerprint density at radius 3 is 2.20 bits per heavy atom. The molecule has 3 rings (SSSR count). The van der Waals surface area contributed by atoms with Crippen LogP contribution in [0.25, 0.3) is 22.5 Å². The van der Waals surface area contributed by atoms with Crippen molar-refractivity contribution in [2.75, 3.05) is 7.11 Å². The zero-order valence-corrected chi connectivity index (χ0v) is 13.0. The van der Waals surface area contributed by atoms with E-state index in [9.17, 15) is 17.6 Å². The third-order valence-corrected chi connectivity index (χ3v) is 3.63. The molecule has 2 heterocycles. The largest absolute Gasteiger partial charge is 0.497 e. The number of alkyl halides is 4. The van der Waals surface area contributed by atoms with Crippen LogP contribution in [0.4, 0.5) is 17.6 Å². The first-order chi connectivity index (χ1) is 11.9. The Kier molecular flexibility index (Phi) is 4.43. The van der Waals surface area contributed by atoms with Crippen LogP contribution < -0.4 is 4.74 Å². The van der Waals surface area contributed by atoms with E-state index < -0.39 is 18.2 Å². The number of H-pyrrole nitrogens is 1. The number of pyridine rings is 1. The van der Waals surface area contributed by atoms with Gasteiger partial charge in [0, 0.05) is 23.5 Å². The van der Waals surface area contributed by atoms with Crippen molar-refractivity contribution >= 4 is 0 Å². The van der Waals surface area contributed by atoms with Gasteiger partial charge in [0.15, 0.2) is 5.82 Å². The normalized spacial score (nSPS) is 11.8. The van der Waals surface area contributed by atoms with Crippen molar-refractivity contribution in [3.63, 3.8) is 0 Å². The highest BCUT2D eigenvalue weighted by Gasteiger charge is 2.46. The van der Waals surface area contributed by atoms with Gasteiger partial charge < -0.3 is 9.72 Å². The summed E-state index contributed by atoms with van der Waals surface area (Å²) in [6, 6.07) is 9.64. The molecular weight excluding hydrogens is 338 g/mol. The smallest absolute Gasteiger partial charge is 0.363 e.